The minimum absolute atomic E-state index is 0.156. The van der Waals surface area contributed by atoms with Gasteiger partial charge in [-0.2, -0.15) is 0 Å². The number of carbonyl (C=O) groups is 1. The second kappa shape index (κ2) is 5.21. The van der Waals surface area contributed by atoms with E-state index in [0.29, 0.717) is 6.54 Å². The molecule has 0 N–H and O–H groups in total. The molecule has 0 atom stereocenters. The zero-order valence-corrected chi connectivity index (χ0v) is 10.6. The smallest absolute Gasteiger partial charge is 0.320 e. The van der Waals surface area contributed by atoms with E-state index in [-0.39, 0.29) is 6.03 Å². The summed E-state index contributed by atoms with van der Waals surface area (Å²) < 4.78 is 0. The topological polar surface area (TPSA) is 23.6 Å². The number of urea groups is 1. The summed E-state index contributed by atoms with van der Waals surface area (Å²) in [6.45, 7) is 4.59. The number of nitrogens with zero attached hydrogens (tertiary/aromatic N) is 2. The highest BCUT2D eigenvalue weighted by atomic mass is 16.2. The lowest BCUT2D eigenvalue weighted by atomic mass is 10.1. The number of hydrogen-bond donors (Lipinski definition) is 0. The van der Waals surface area contributed by atoms with Gasteiger partial charge < -0.3 is 9.80 Å². The summed E-state index contributed by atoms with van der Waals surface area (Å²) in [6, 6.07) is 8.50. The highest BCUT2D eigenvalue weighted by Crippen LogP contribution is 2.12. The molecule has 1 fully saturated rings. The van der Waals surface area contributed by atoms with E-state index in [2.05, 4.69) is 31.2 Å². The van der Waals surface area contributed by atoms with Crippen molar-refractivity contribution < 1.29 is 4.79 Å². The Labute approximate surface area is 103 Å². The maximum absolute atomic E-state index is 12.1. The normalized spacial score (nSPS) is 15.1. The standard InChI is InChI=1S/C14H20N2O/c1-12-5-7-13(8-6-12)11-15(2)14(17)16-9-3-4-10-16/h5-8H,3-4,9-11H2,1-2H3. The molecule has 1 aliphatic rings. The molecule has 2 amide bonds. The molecule has 1 heterocycles. The van der Waals surface area contributed by atoms with E-state index in [1.165, 1.54) is 11.1 Å². The third-order valence-electron chi connectivity index (χ3n) is 3.24. The monoisotopic (exact) mass is 232 g/mol. The second-order valence-electron chi connectivity index (χ2n) is 4.82. The van der Waals surface area contributed by atoms with Gasteiger partial charge in [0.1, 0.15) is 0 Å². The van der Waals surface area contributed by atoms with Crippen molar-refractivity contribution in [3.63, 3.8) is 0 Å². The van der Waals surface area contributed by atoms with Crippen LogP contribution in [-0.4, -0.2) is 36.0 Å². The highest BCUT2D eigenvalue weighted by molar-refractivity contribution is 5.74. The number of amides is 2. The van der Waals surface area contributed by atoms with Crippen LogP contribution in [0.2, 0.25) is 0 Å². The summed E-state index contributed by atoms with van der Waals surface area (Å²) in [5.74, 6) is 0. The molecule has 0 bridgehead atoms. The third kappa shape index (κ3) is 2.99. The van der Waals surface area contributed by atoms with Gasteiger partial charge in [0, 0.05) is 26.7 Å². The largest absolute Gasteiger partial charge is 0.325 e. The van der Waals surface area contributed by atoms with E-state index in [0.717, 1.165) is 25.9 Å². The SMILES string of the molecule is Cc1ccc(CN(C)C(=O)N2CCCC2)cc1. The quantitative estimate of drug-likeness (QED) is 0.769. The molecule has 92 valence electrons. The molecule has 1 aliphatic heterocycles. The molecule has 0 spiro atoms. The van der Waals surface area contributed by atoms with Crippen LogP contribution in [0.1, 0.15) is 24.0 Å². The van der Waals surface area contributed by atoms with Crippen LogP contribution >= 0.6 is 0 Å². The van der Waals surface area contributed by atoms with Crippen LogP contribution in [0.3, 0.4) is 0 Å². The number of carbonyl (C=O) groups excluding carboxylic acids is 1. The summed E-state index contributed by atoms with van der Waals surface area (Å²) in [6.07, 6.45) is 2.29. The second-order valence-corrected chi connectivity index (χ2v) is 4.82. The van der Waals surface area contributed by atoms with Crippen molar-refractivity contribution in [2.75, 3.05) is 20.1 Å². The van der Waals surface area contributed by atoms with E-state index >= 15 is 0 Å². The van der Waals surface area contributed by atoms with Crippen LogP contribution in [0.15, 0.2) is 24.3 Å². The zero-order chi connectivity index (χ0) is 12.3. The summed E-state index contributed by atoms with van der Waals surface area (Å²) >= 11 is 0. The minimum atomic E-state index is 0.156. The molecule has 0 radical (unpaired) electrons. The van der Waals surface area contributed by atoms with Crippen LogP contribution < -0.4 is 0 Å². The Morgan fingerprint density at radius 1 is 1.24 bits per heavy atom. The van der Waals surface area contributed by atoms with Gasteiger partial charge in [-0.25, -0.2) is 4.79 Å². The molecule has 3 nitrogen and oxygen atoms in total. The number of rotatable bonds is 2. The average Bonchev–Trinajstić information content (AvgIpc) is 2.84. The third-order valence-corrected chi connectivity index (χ3v) is 3.24. The van der Waals surface area contributed by atoms with Gasteiger partial charge in [0.05, 0.1) is 0 Å². The molecule has 17 heavy (non-hydrogen) atoms. The molecular weight excluding hydrogens is 212 g/mol. The Morgan fingerprint density at radius 2 is 1.82 bits per heavy atom. The van der Waals surface area contributed by atoms with Crippen molar-refractivity contribution in [1.29, 1.82) is 0 Å². The van der Waals surface area contributed by atoms with Crippen LogP contribution in [0.4, 0.5) is 4.79 Å². The molecule has 0 saturated carbocycles. The van der Waals surface area contributed by atoms with Crippen molar-refractivity contribution in [3.8, 4) is 0 Å². The lowest BCUT2D eigenvalue weighted by Crippen LogP contribution is -2.38. The highest BCUT2D eigenvalue weighted by Gasteiger charge is 2.20. The van der Waals surface area contributed by atoms with Gasteiger partial charge in [0.15, 0.2) is 0 Å². The first kappa shape index (κ1) is 12.0. The Balaban J connectivity index is 1.93. The molecular formula is C14H20N2O. The Kier molecular flexibility index (Phi) is 3.67. The minimum Gasteiger partial charge on any atom is -0.325 e. The molecule has 1 aromatic carbocycles. The van der Waals surface area contributed by atoms with Crippen molar-refractivity contribution in [3.05, 3.63) is 35.4 Å². The van der Waals surface area contributed by atoms with E-state index in [9.17, 15) is 4.79 Å². The number of hydrogen-bond acceptors (Lipinski definition) is 1. The van der Waals surface area contributed by atoms with Crippen LogP contribution in [0.25, 0.3) is 0 Å². The molecule has 0 aromatic heterocycles. The lowest BCUT2D eigenvalue weighted by molar-refractivity contribution is 0.171. The predicted octanol–water partition coefficient (Wildman–Crippen LogP) is 2.64. The first-order chi connectivity index (χ1) is 8.16. The van der Waals surface area contributed by atoms with Gasteiger partial charge in [-0.15, -0.1) is 0 Å². The summed E-state index contributed by atoms with van der Waals surface area (Å²) in [7, 11) is 1.88. The number of benzene rings is 1. The Bertz CT molecular complexity index is 380. The van der Waals surface area contributed by atoms with E-state index in [1.807, 2.05) is 11.9 Å². The summed E-state index contributed by atoms with van der Waals surface area (Å²) in [5.41, 5.74) is 2.44. The maximum atomic E-state index is 12.1. The fourth-order valence-electron chi connectivity index (χ4n) is 2.18. The van der Waals surface area contributed by atoms with Crippen molar-refractivity contribution >= 4 is 6.03 Å². The fourth-order valence-corrected chi connectivity index (χ4v) is 2.18. The van der Waals surface area contributed by atoms with E-state index < -0.39 is 0 Å². The summed E-state index contributed by atoms with van der Waals surface area (Å²) in [4.78, 5) is 15.8. The van der Waals surface area contributed by atoms with Crippen LogP contribution in [-0.2, 0) is 6.54 Å². The molecule has 3 heteroatoms. The van der Waals surface area contributed by atoms with Gasteiger partial charge in [-0.1, -0.05) is 29.8 Å². The fraction of sp³-hybridized carbons (Fsp3) is 0.500. The molecule has 1 aromatic rings. The lowest BCUT2D eigenvalue weighted by Gasteiger charge is -2.24. The first-order valence-electron chi connectivity index (χ1n) is 6.22. The van der Waals surface area contributed by atoms with Crippen LogP contribution in [0, 0.1) is 6.92 Å². The molecule has 2 rings (SSSR count). The maximum Gasteiger partial charge on any atom is 0.320 e. The van der Waals surface area contributed by atoms with Gasteiger partial charge >= 0.3 is 6.03 Å². The average molecular weight is 232 g/mol. The zero-order valence-electron chi connectivity index (χ0n) is 10.6. The van der Waals surface area contributed by atoms with Crippen molar-refractivity contribution in [2.45, 2.75) is 26.3 Å². The van der Waals surface area contributed by atoms with E-state index in [4.69, 9.17) is 0 Å². The first-order valence-corrected chi connectivity index (χ1v) is 6.22. The Morgan fingerprint density at radius 3 is 2.41 bits per heavy atom. The van der Waals surface area contributed by atoms with Gasteiger partial charge in [0.25, 0.3) is 0 Å². The molecule has 0 aliphatic carbocycles. The van der Waals surface area contributed by atoms with Crippen molar-refractivity contribution in [1.82, 2.24) is 9.80 Å². The molecule has 0 unspecified atom stereocenters. The Hall–Kier alpha value is -1.51. The number of likely N-dealkylation sites (tertiary alicyclic amines) is 1. The van der Waals surface area contributed by atoms with Gasteiger partial charge in [-0.3, -0.25) is 0 Å². The number of aryl methyl sites for hydroxylation is 1. The van der Waals surface area contributed by atoms with Gasteiger partial charge in [-0.05, 0) is 25.3 Å². The summed E-state index contributed by atoms with van der Waals surface area (Å²) in [5, 5.41) is 0. The predicted molar refractivity (Wildman–Crippen MR) is 68.8 cm³/mol. The van der Waals surface area contributed by atoms with Crippen molar-refractivity contribution in [2.24, 2.45) is 0 Å². The van der Waals surface area contributed by atoms with E-state index in [1.54, 1.807) is 4.90 Å². The van der Waals surface area contributed by atoms with Gasteiger partial charge in [0.2, 0.25) is 0 Å². The molecule has 1 saturated heterocycles. The van der Waals surface area contributed by atoms with Crippen LogP contribution in [0.5, 0.6) is 0 Å².